The van der Waals surface area contributed by atoms with Gasteiger partial charge in [0.05, 0.1) is 0 Å². The summed E-state index contributed by atoms with van der Waals surface area (Å²) in [5.74, 6) is -1.07. The smallest absolute Gasteiger partial charge is 0.335 e. The Morgan fingerprint density at radius 1 is 1.19 bits per heavy atom. The maximum absolute atomic E-state index is 11.4. The largest absolute Gasteiger partial charge is 0.504 e. The lowest BCUT2D eigenvalue weighted by Gasteiger charge is -2.45. The molecule has 0 saturated carbocycles. The van der Waals surface area contributed by atoms with E-state index in [2.05, 4.69) is 11.8 Å². The topological polar surface area (TPSA) is 140 Å². The second-order valence-corrected chi connectivity index (χ2v) is 8.82. The van der Waals surface area contributed by atoms with Crippen molar-refractivity contribution < 1.29 is 39.8 Å². The van der Waals surface area contributed by atoms with Crippen LogP contribution in [0.15, 0.2) is 12.1 Å². The first-order valence-corrected chi connectivity index (χ1v) is 11.0. The maximum atomic E-state index is 11.4. The van der Waals surface area contributed by atoms with Crippen molar-refractivity contribution in [3.05, 3.63) is 23.3 Å². The molecule has 172 valence electrons. The molecule has 4 rings (SSSR count). The first-order valence-electron chi connectivity index (χ1n) is 11.0. The van der Waals surface area contributed by atoms with Crippen molar-refractivity contribution in [3.8, 4) is 11.5 Å². The Labute approximate surface area is 180 Å². The van der Waals surface area contributed by atoms with Crippen molar-refractivity contribution in [1.29, 1.82) is 0 Å². The minimum Gasteiger partial charge on any atom is -0.504 e. The van der Waals surface area contributed by atoms with Crippen molar-refractivity contribution in [1.82, 2.24) is 4.90 Å². The number of aromatic hydroxyl groups is 1. The first kappa shape index (κ1) is 22.3. The second-order valence-electron chi connectivity index (χ2n) is 8.82. The lowest BCUT2D eigenvalue weighted by molar-refractivity contribution is -0.271. The summed E-state index contributed by atoms with van der Waals surface area (Å²) in [6, 6.07) is 3.84. The molecule has 1 aliphatic carbocycles. The van der Waals surface area contributed by atoms with Gasteiger partial charge in [-0.3, -0.25) is 4.90 Å². The van der Waals surface area contributed by atoms with Gasteiger partial charge in [0, 0.05) is 11.6 Å². The van der Waals surface area contributed by atoms with E-state index in [4.69, 9.17) is 9.47 Å². The molecule has 0 aromatic heterocycles. The number of phenolic OH excluding ortho intramolecular Hbond substituents is 1. The highest BCUT2D eigenvalue weighted by molar-refractivity contribution is 5.73. The molecule has 0 spiro atoms. The minimum atomic E-state index is -1.79. The van der Waals surface area contributed by atoms with Crippen molar-refractivity contribution in [2.75, 3.05) is 13.1 Å². The zero-order valence-electron chi connectivity index (χ0n) is 17.6. The number of likely N-dealkylation sites (tertiary alicyclic amines) is 1. The third-order valence-corrected chi connectivity index (χ3v) is 6.82. The van der Waals surface area contributed by atoms with Gasteiger partial charge in [0.2, 0.25) is 6.29 Å². The quantitative estimate of drug-likeness (QED) is 0.438. The maximum Gasteiger partial charge on any atom is 0.335 e. The predicted octanol–water partition coefficient (Wildman–Crippen LogP) is 0.252. The molecule has 0 radical (unpaired) electrons. The van der Waals surface area contributed by atoms with Gasteiger partial charge < -0.3 is 35.0 Å². The Balaban J connectivity index is 1.61. The number of benzene rings is 1. The number of hydrogen-bond acceptors (Lipinski definition) is 8. The molecule has 5 N–H and O–H groups in total. The van der Waals surface area contributed by atoms with Gasteiger partial charge in [-0.25, -0.2) is 4.79 Å². The Bertz CT molecular complexity index is 815. The molecule has 3 aliphatic rings. The molecule has 0 amide bonds. The van der Waals surface area contributed by atoms with E-state index >= 15 is 0 Å². The summed E-state index contributed by atoms with van der Waals surface area (Å²) in [6.45, 7) is 4.32. The molecule has 2 saturated heterocycles. The van der Waals surface area contributed by atoms with Crippen LogP contribution in [0.2, 0.25) is 0 Å². The van der Waals surface area contributed by atoms with Gasteiger partial charge in [0.15, 0.2) is 17.6 Å². The van der Waals surface area contributed by atoms with Crippen molar-refractivity contribution >= 4 is 5.97 Å². The van der Waals surface area contributed by atoms with E-state index in [9.17, 15) is 30.3 Å². The van der Waals surface area contributed by atoms with Crippen molar-refractivity contribution in [2.24, 2.45) is 5.92 Å². The molecular formula is C22H31NO8. The average Bonchev–Trinajstić information content (AvgIpc) is 2.75. The molecule has 31 heavy (non-hydrogen) atoms. The molecule has 1 aromatic carbocycles. The van der Waals surface area contributed by atoms with E-state index in [-0.39, 0.29) is 11.5 Å². The SMILES string of the molecule is CCCN1CCCC2Cc3c(ccc(O)c3OC3OC(C(=O)O)C(O)C(O)C3O)CC21. The normalized spacial score (nSPS) is 35.8. The molecule has 0 bridgehead atoms. The number of ether oxygens (including phenoxy) is 2. The number of fused-ring (bicyclic) bond motifs is 2. The van der Waals surface area contributed by atoms with Gasteiger partial charge in [-0.15, -0.1) is 0 Å². The third-order valence-electron chi connectivity index (χ3n) is 6.82. The summed E-state index contributed by atoms with van der Waals surface area (Å²) in [5, 5.41) is 50.0. The number of aliphatic carboxylic acids is 1. The number of aliphatic hydroxyl groups excluding tert-OH is 3. The van der Waals surface area contributed by atoms with Crippen LogP contribution in [0.1, 0.15) is 37.3 Å². The highest BCUT2D eigenvalue weighted by atomic mass is 16.7. The van der Waals surface area contributed by atoms with Gasteiger partial charge >= 0.3 is 5.97 Å². The predicted molar refractivity (Wildman–Crippen MR) is 109 cm³/mol. The minimum absolute atomic E-state index is 0.137. The van der Waals surface area contributed by atoms with E-state index < -0.39 is 36.7 Å². The fraction of sp³-hybridized carbons (Fsp3) is 0.682. The van der Waals surface area contributed by atoms with Crippen LogP contribution < -0.4 is 4.74 Å². The molecule has 2 heterocycles. The van der Waals surface area contributed by atoms with Crippen LogP contribution in [-0.4, -0.2) is 86.2 Å². The molecule has 9 nitrogen and oxygen atoms in total. The van der Waals surface area contributed by atoms with Crippen molar-refractivity contribution in [3.63, 3.8) is 0 Å². The molecule has 2 aliphatic heterocycles. The molecule has 9 heteroatoms. The van der Waals surface area contributed by atoms with Gasteiger partial charge in [-0.1, -0.05) is 13.0 Å². The van der Waals surface area contributed by atoms with Gasteiger partial charge in [-0.05, 0) is 62.7 Å². The fourth-order valence-electron chi connectivity index (χ4n) is 5.27. The number of carboxylic acids is 1. The summed E-state index contributed by atoms with van der Waals surface area (Å²) in [6.07, 6.45) is -3.72. The number of carboxylic acid groups (broad SMARTS) is 1. The number of carbonyl (C=O) groups is 1. The van der Waals surface area contributed by atoms with E-state index in [1.165, 1.54) is 6.07 Å². The summed E-state index contributed by atoms with van der Waals surface area (Å²) >= 11 is 0. The van der Waals surface area contributed by atoms with E-state index in [1.807, 2.05) is 6.07 Å². The standard InChI is InChI=1S/C22H31NO8/c1-2-7-23-8-3-4-12-9-13-11(10-14(12)23)5-6-15(24)19(13)30-22-18(27)16(25)17(26)20(31-22)21(28)29/h5-6,12,14,16-18,20,22,24-27H,2-4,7-10H2,1H3,(H,28,29). The van der Waals surface area contributed by atoms with Crippen LogP contribution in [-0.2, 0) is 22.4 Å². The summed E-state index contributed by atoms with van der Waals surface area (Å²) < 4.78 is 11.0. The van der Waals surface area contributed by atoms with Crippen LogP contribution in [0.25, 0.3) is 0 Å². The van der Waals surface area contributed by atoms with Crippen LogP contribution in [0, 0.1) is 5.92 Å². The second kappa shape index (κ2) is 8.91. The molecule has 7 atom stereocenters. The van der Waals surface area contributed by atoms with E-state index in [1.54, 1.807) is 0 Å². The Hall–Kier alpha value is -1.91. The van der Waals surface area contributed by atoms with Crippen LogP contribution in [0.3, 0.4) is 0 Å². The van der Waals surface area contributed by atoms with E-state index in [0.29, 0.717) is 18.4 Å². The Morgan fingerprint density at radius 3 is 2.68 bits per heavy atom. The fourth-order valence-corrected chi connectivity index (χ4v) is 5.27. The number of nitrogens with zero attached hydrogens (tertiary/aromatic N) is 1. The average molecular weight is 437 g/mol. The summed E-state index contributed by atoms with van der Waals surface area (Å²) in [7, 11) is 0. The Morgan fingerprint density at radius 2 is 1.97 bits per heavy atom. The van der Waals surface area contributed by atoms with E-state index in [0.717, 1.165) is 49.9 Å². The monoisotopic (exact) mass is 437 g/mol. The first-order chi connectivity index (χ1) is 14.8. The number of piperidine rings is 1. The molecule has 1 aromatic rings. The highest BCUT2D eigenvalue weighted by Gasteiger charge is 2.48. The van der Waals surface area contributed by atoms with Gasteiger partial charge in [0.25, 0.3) is 0 Å². The molecule has 7 unspecified atom stereocenters. The van der Waals surface area contributed by atoms with Crippen molar-refractivity contribution in [2.45, 2.75) is 75.8 Å². The van der Waals surface area contributed by atoms with Crippen LogP contribution in [0.5, 0.6) is 11.5 Å². The number of rotatable bonds is 5. The lowest BCUT2D eigenvalue weighted by Crippen LogP contribution is -2.61. The van der Waals surface area contributed by atoms with Crippen LogP contribution >= 0.6 is 0 Å². The number of phenols is 1. The summed E-state index contributed by atoms with van der Waals surface area (Å²) in [4.78, 5) is 13.9. The summed E-state index contributed by atoms with van der Waals surface area (Å²) in [5.41, 5.74) is 1.86. The number of aliphatic hydroxyl groups is 3. The van der Waals surface area contributed by atoms with Gasteiger partial charge in [0.1, 0.15) is 18.3 Å². The zero-order valence-corrected chi connectivity index (χ0v) is 17.6. The highest BCUT2D eigenvalue weighted by Crippen LogP contribution is 2.43. The lowest BCUT2D eigenvalue weighted by atomic mass is 9.75. The zero-order chi connectivity index (χ0) is 22.3. The molecular weight excluding hydrogens is 406 g/mol. The molecule has 2 fully saturated rings. The third kappa shape index (κ3) is 4.12. The Kier molecular flexibility index (Phi) is 6.41. The van der Waals surface area contributed by atoms with Gasteiger partial charge in [-0.2, -0.15) is 0 Å². The van der Waals surface area contributed by atoms with Crippen LogP contribution in [0.4, 0.5) is 0 Å². The number of hydrogen-bond donors (Lipinski definition) is 5.